The Bertz CT molecular complexity index is 887. The van der Waals surface area contributed by atoms with Crippen LogP contribution in [-0.4, -0.2) is 43.8 Å². The Morgan fingerprint density at radius 2 is 1.66 bits per heavy atom. The SMILES string of the molecule is CC(=O)Oc1ccc(NC(=O)COc2ccc(Cl)cc2Cl)cc1C(=O)O.COC. The Hall–Kier alpha value is -2.81. The summed E-state index contributed by atoms with van der Waals surface area (Å²) < 4.78 is 14.4. The zero-order valence-corrected chi connectivity index (χ0v) is 17.3. The normalized spacial score (nSPS) is 9.69. The first kappa shape index (κ1) is 24.2. The maximum absolute atomic E-state index is 12.0. The number of benzene rings is 2. The molecule has 10 heteroatoms. The molecule has 0 unspecified atom stereocenters. The van der Waals surface area contributed by atoms with E-state index in [-0.39, 0.29) is 34.4 Å². The summed E-state index contributed by atoms with van der Waals surface area (Å²) in [4.78, 5) is 34.2. The number of hydrogen-bond donors (Lipinski definition) is 2. The van der Waals surface area contributed by atoms with Gasteiger partial charge in [0.15, 0.2) is 6.61 Å². The number of carbonyl (C=O) groups excluding carboxylic acids is 2. The quantitative estimate of drug-likeness (QED) is 0.514. The molecule has 0 aliphatic rings. The summed E-state index contributed by atoms with van der Waals surface area (Å²) in [5.74, 6) is -2.33. The molecule has 2 aromatic carbocycles. The maximum atomic E-state index is 12.0. The van der Waals surface area contributed by atoms with Gasteiger partial charge in [-0.3, -0.25) is 9.59 Å². The summed E-state index contributed by atoms with van der Waals surface area (Å²) in [6.45, 7) is 0.802. The molecule has 0 saturated heterocycles. The van der Waals surface area contributed by atoms with Crippen LogP contribution in [0.5, 0.6) is 11.5 Å². The van der Waals surface area contributed by atoms with Crippen molar-refractivity contribution in [2.45, 2.75) is 6.92 Å². The average Bonchev–Trinajstić information content (AvgIpc) is 2.62. The Balaban J connectivity index is 0.00000132. The molecular formula is C19H19Cl2NO7. The summed E-state index contributed by atoms with van der Waals surface area (Å²) in [5.41, 5.74) is -0.0613. The zero-order valence-electron chi connectivity index (χ0n) is 15.8. The van der Waals surface area contributed by atoms with Crippen LogP contribution in [0.2, 0.25) is 10.0 Å². The van der Waals surface area contributed by atoms with Gasteiger partial charge in [0, 0.05) is 31.9 Å². The van der Waals surface area contributed by atoms with E-state index in [9.17, 15) is 19.5 Å². The Labute approximate surface area is 177 Å². The summed E-state index contributed by atoms with van der Waals surface area (Å²) >= 11 is 11.7. The number of halogens is 2. The molecule has 29 heavy (non-hydrogen) atoms. The van der Waals surface area contributed by atoms with Crippen molar-refractivity contribution in [3.8, 4) is 11.5 Å². The van der Waals surface area contributed by atoms with Crippen LogP contribution in [0.1, 0.15) is 17.3 Å². The van der Waals surface area contributed by atoms with Gasteiger partial charge in [-0.05, 0) is 36.4 Å². The number of aromatic carboxylic acids is 1. The third-order valence-corrected chi connectivity index (χ3v) is 3.53. The fourth-order valence-corrected chi connectivity index (χ4v) is 2.41. The number of carboxylic acids is 1. The lowest BCUT2D eigenvalue weighted by atomic mass is 10.1. The number of carboxylic acid groups (broad SMARTS) is 1. The van der Waals surface area contributed by atoms with Crippen molar-refractivity contribution >= 4 is 46.7 Å². The number of nitrogens with one attached hydrogen (secondary N) is 1. The van der Waals surface area contributed by atoms with Gasteiger partial charge in [0.25, 0.3) is 5.91 Å². The van der Waals surface area contributed by atoms with E-state index < -0.39 is 17.8 Å². The van der Waals surface area contributed by atoms with E-state index in [1.807, 2.05) is 0 Å². The molecule has 1 amide bonds. The second-order valence-electron chi connectivity index (χ2n) is 5.43. The number of amides is 1. The van der Waals surface area contributed by atoms with Crippen LogP contribution in [0.25, 0.3) is 0 Å². The molecule has 0 atom stereocenters. The van der Waals surface area contributed by atoms with E-state index in [2.05, 4.69) is 10.1 Å². The third kappa shape index (κ3) is 8.39. The van der Waals surface area contributed by atoms with E-state index in [1.54, 1.807) is 20.3 Å². The topological polar surface area (TPSA) is 111 Å². The first-order valence-corrected chi connectivity index (χ1v) is 8.77. The first-order valence-electron chi connectivity index (χ1n) is 8.01. The van der Waals surface area contributed by atoms with Crippen molar-refractivity contribution < 1.29 is 33.7 Å². The summed E-state index contributed by atoms with van der Waals surface area (Å²) in [6, 6.07) is 8.41. The van der Waals surface area contributed by atoms with Gasteiger partial charge in [-0.1, -0.05) is 23.2 Å². The monoisotopic (exact) mass is 443 g/mol. The Kier molecular flexibility index (Phi) is 9.94. The van der Waals surface area contributed by atoms with Crippen LogP contribution < -0.4 is 14.8 Å². The minimum absolute atomic E-state index is 0.118. The lowest BCUT2D eigenvalue weighted by molar-refractivity contribution is -0.131. The minimum Gasteiger partial charge on any atom is -0.482 e. The molecule has 0 radical (unpaired) electrons. The van der Waals surface area contributed by atoms with Crippen molar-refractivity contribution in [3.05, 3.63) is 52.0 Å². The van der Waals surface area contributed by atoms with Crippen molar-refractivity contribution in [3.63, 3.8) is 0 Å². The fourth-order valence-electron chi connectivity index (χ4n) is 1.95. The van der Waals surface area contributed by atoms with Gasteiger partial charge in [0.2, 0.25) is 0 Å². The molecule has 0 bridgehead atoms. The second kappa shape index (κ2) is 11.9. The number of anilines is 1. The van der Waals surface area contributed by atoms with Crippen molar-refractivity contribution in [2.24, 2.45) is 0 Å². The number of carbonyl (C=O) groups is 3. The van der Waals surface area contributed by atoms with Gasteiger partial charge in [-0.25, -0.2) is 4.79 Å². The van der Waals surface area contributed by atoms with Gasteiger partial charge >= 0.3 is 11.9 Å². The van der Waals surface area contributed by atoms with Gasteiger partial charge in [-0.2, -0.15) is 0 Å². The molecule has 8 nitrogen and oxygen atoms in total. The number of esters is 1. The lowest BCUT2D eigenvalue weighted by Crippen LogP contribution is -2.20. The van der Waals surface area contributed by atoms with Gasteiger partial charge in [0.05, 0.1) is 5.02 Å². The van der Waals surface area contributed by atoms with Gasteiger partial charge in [0.1, 0.15) is 17.1 Å². The molecule has 0 aliphatic heterocycles. The fraction of sp³-hybridized carbons (Fsp3) is 0.211. The lowest BCUT2D eigenvalue weighted by Gasteiger charge is -2.11. The van der Waals surface area contributed by atoms with Gasteiger partial charge < -0.3 is 24.6 Å². The van der Waals surface area contributed by atoms with Gasteiger partial charge in [-0.15, -0.1) is 0 Å². The molecule has 2 N–H and O–H groups in total. The molecule has 2 rings (SSSR count). The first-order chi connectivity index (χ1) is 13.7. The maximum Gasteiger partial charge on any atom is 0.339 e. The van der Waals surface area contributed by atoms with E-state index in [4.69, 9.17) is 32.7 Å². The third-order valence-electron chi connectivity index (χ3n) is 3.00. The van der Waals surface area contributed by atoms with Crippen LogP contribution in [-0.2, 0) is 14.3 Å². The average molecular weight is 444 g/mol. The second-order valence-corrected chi connectivity index (χ2v) is 6.27. The van der Waals surface area contributed by atoms with Crippen LogP contribution in [0.3, 0.4) is 0 Å². The van der Waals surface area contributed by atoms with E-state index in [0.717, 1.165) is 6.92 Å². The molecular weight excluding hydrogens is 425 g/mol. The van der Waals surface area contributed by atoms with Crippen molar-refractivity contribution in [1.29, 1.82) is 0 Å². The highest BCUT2D eigenvalue weighted by Crippen LogP contribution is 2.27. The molecule has 0 aliphatic carbocycles. The zero-order chi connectivity index (χ0) is 22.0. The molecule has 0 fully saturated rings. The molecule has 156 valence electrons. The van der Waals surface area contributed by atoms with Crippen LogP contribution in [0, 0.1) is 0 Å². The van der Waals surface area contributed by atoms with Crippen molar-refractivity contribution in [1.82, 2.24) is 0 Å². The van der Waals surface area contributed by atoms with E-state index in [1.165, 1.54) is 30.3 Å². The van der Waals surface area contributed by atoms with Crippen LogP contribution in [0.15, 0.2) is 36.4 Å². The smallest absolute Gasteiger partial charge is 0.339 e. The Morgan fingerprint density at radius 1 is 1.03 bits per heavy atom. The van der Waals surface area contributed by atoms with E-state index >= 15 is 0 Å². The number of methoxy groups -OCH3 is 1. The molecule has 0 saturated carbocycles. The predicted octanol–water partition coefficient (Wildman–Crippen LogP) is 3.90. The summed E-state index contributed by atoms with van der Waals surface area (Å²) in [5, 5.41) is 12.4. The molecule has 2 aromatic rings. The number of hydrogen-bond acceptors (Lipinski definition) is 6. The standard InChI is InChI=1S/C17H13Cl2NO6.C2H6O/c1-9(21)26-14-5-3-11(7-12(14)17(23)24)20-16(22)8-25-15-4-2-10(18)6-13(15)19;1-3-2/h2-7H,8H2,1H3,(H,20,22)(H,23,24);1-2H3. The predicted molar refractivity (Wildman–Crippen MR) is 108 cm³/mol. The largest absolute Gasteiger partial charge is 0.482 e. The molecule has 0 aromatic heterocycles. The molecule has 0 spiro atoms. The van der Waals surface area contributed by atoms with Crippen molar-refractivity contribution in [2.75, 3.05) is 26.1 Å². The highest BCUT2D eigenvalue weighted by Gasteiger charge is 2.15. The number of rotatable bonds is 6. The highest BCUT2D eigenvalue weighted by atomic mass is 35.5. The Morgan fingerprint density at radius 3 is 2.21 bits per heavy atom. The minimum atomic E-state index is -1.30. The van der Waals surface area contributed by atoms with Crippen LogP contribution >= 0.6 is 23.2 Å². The molecule has 0 heterocycles. The van der Waals surface area contributed by atoms with Crippen LogP contribution in [0.4, 0.5) is 5.69 Å². The summed E-state index contributed by atoms with van der Waals surface area (Å²) in [7, 11) is 3.25. The number of ether oxygens (including phenoxy) is 3. The highest BCUT2D eigenvalue weighted by molar-refractivity contribution is 6.35. The van der Waals surface area contributed by atoms with E-state index in [0.29, 0.717) is 5.02 Å². The summed E-state index contributed by atoms with van der Waals surface area (Å²) in [6.07, 6.45) is 0.